The summed E-state index contributed by atoms with van der Waals surface area (Å²) in [6.07, 6.45) is 0.896. The minimum absolute atomic E-state index is 0.183. The maximum Gasteiger partial charge on any atom is 0.273 e. The molecule has 0 radical (unpaired) electrons. The number of hydrogen-bond acceptors (Lipinski definition) is 3. The van der Waals surface area contributed by atoms with Gasteiger partial charge in [-0.2, -0.15) is 0 Å². The van der Waals surface area contributed by atoms with E-state index in [4.69, 9.17) is 0 Å². The van der Waals surface area contributed by atoms with Crippen LogP contribution in [0.5, 0.6) is 0 Å². The Balaban J connectivity index is 1.25. The molecule has 170 valence electrons. The fourth-order valence-electron chi connectivity index (χ4n) is 5.35. The number of nitrogens with one attached hydrogen (secondary N) is 2. The van der Waals surface area contributed by atoms with Gasteiger partial charge in [0.25, 0.3) is 5.91 Å². The van der Waals surface area contributed by atoms with Crippen molar-refractivity contribution < 1.29 is 9.18 Å². The van der Waals surface area contributed by atoms with E-state index in [9.17, 15) is 9.18 Å². The van der Waals surface area contributed by atoms with Gasteiger partial charge >= 0.3 is 0 Å². The van der Waals surface area contributed by atoms with Gasteiger partial charge < -0.3 is 10.3 Å². The molecule has 7 heteroatoms. The van der Waals surface area contributed by atoms with E-state index in [1.54, 1.807) is 23.7 Å². The van der Waals surface area contributed by atoms with E-state index in [0.29, 0.717) is 35.5 Å². The predicted octanol–water partition coefficient (Wildman–Crippen LogP) is 5.06. The first-order valence-corrected chi connectivity index (χ1v) is 11.3. The second-order valence-corrected chi connectivity index (χ2v) is 9.57. The molecule has 4 aromatic rings. The van der Waals surface area contributed by atoms with Crippen molar-refractivity contribution in [2.45, 2.75) is 40.0 Å². The Labute approximate surface area is 192 Å². The van der Waals surface area contributed by atoms with Crippen LogP contribution in [0, 0.1) is 31.0 Å². The Morgan fingerprint density at radius 2 is 1.88 bits per heavy atom. The number of aryl methyl sites for hydroxylation is 1. The molecule has 2 heterocycles. The summed E-state index contributed by atoms with van der Waals surface area (Å²) in [5.74, 6) is 0.399. The first-order valence-electron chi connectivity index (χ1n) is 11.3. The van der Waals surface area contributed by atoms with Crippen molar-refractivity contribution in [2.24, 2.45) is 11.3 Å². The Hall–Kier alpha value is -3.48. The molecule has 1 fully saturated rings. The van der Waals surface area contributed by atoms with Crippen LogP contribution in [0.25, 0.3) is 16.6 Å². The molecule has 0 bridgehead atoms. The molecule has 33 heavy (non-hydrogen) atoms. The van der Waals surface area contributed by atoms with Crippen LogP contribution in [0.3, 0.4) is 0 Å². The molecule has 2 aromatic carbocycles. The molecule has 0 aliphatic heterocycles. The fraction of sp³-hybridized carbons (Fsp3) is 0.346. The summed E-state index contributed by atoms with van der Waals surface area (Å²) in [6, 6.07) is 14.4. The largest absolute Gasteiger partial charge is 0.358 e. The molecule has 2 atom stereocenters. The number of amides is 1. The number of carbonyl (C=O) groups is 1. The zero-order valence-corrected chi connectivity index (χ0v) is 19.3. The zero-order valence-electron chi connectivity index (χ0n) is 19.3. The topological polar surface area (TPSA) is 75.6 Å². The molecule has 1 aliphatic carbocycles. The van der Waals surface area contributed by atoms with Crippen molar-refractivity contribution in [1.29, 1.82) is 0 Å². The van der Waals surface area contributed by atoms with Crippen LogP contribution >= 0.6 is 0 Å². The highest BCUT2D eigenvalue weighted by atomic mass is 19.1. The average molecular weight is 446 g/mol. The molecule has 0 unspecified atom stereocenters. The number of carbonyl (C=O) groups excluding carboxylic acids is 1. The first-order chi connectivity index (χ1) is 15.8. The van der Waals surface area contributed by atoms with E-state index < -0.39 is 0 Å². The summed E-state index contributed by atoms with van der Waals surface area (Å²) < 4.78 is 14.8. The third kappa shape index (κ3) is 3.61. The fourth-order valence-corrected chi connectivity index (χ4v) is 5.35. The van der Waals surface area contributed by atoms with Gasteiger partial charge in [-0.25, -0.2) is 9.07 Å². The van der Waals surface area contributed by atoms with E-state index in [-0.39, 0.29) is 17.1 Å². The standard InChI is InChI=1S/C26H28FN5O/c1-15-22(19-7-5-6-8-21(19)29-15)23-20(26(23,3)4)13-14-28-25(33)24-16(2)32(31-30-24)18-11-9-17(27)10-12-18/h5-12,20,23,29H,13-14H2,1-4H3,(H,28,33)/t20-,23+/m1/s1. The number of aromatic amines is 1. The maximum absolute atomic E-state index is 13.2. The minimum Gasteiger partial charge on any atom is -0.358 e. The van der Waals surface area contributed by atoms with Crippen molar-refractivity contribution in [3.63, 3.8) is 0 Å². The van der Waals surface area contributed by atoms with Gasteiger partial charge in [-0.05, 0) is 73.4 Å². The molecule has 2 aromatic heterocycles. The van der Waals surface area contributed by atoms with Gasteiger partial charge in [-0.1, -0.05) is 37.3 Å². The van der Waals surface area contributed by atoms with Crippen LogP contribution in [0.2, 0.25) is 0 Å². The Bertz CT molecular complexity index is 1330. The van der Waals surface area contributed by atoms with Crippen LogP contribution in [-0.4, -0.2) is 32.4 Å². The summed E-state index contributed by atoms with van der Waals surface area (Å²) in [4.78, 5) is 16.3. The van der Waals surface area contributed by atoms with Crippen LogP contribution in [0.15, 0.2) is 48.5 Å². The van der Waals surface area contributed by atoms with Crippen molar-refractivity contribution >= 4 is 16.8 Å². The number of para-hydroxylation sites is 1. The molecule has 1 amide bonds. The number of halogens is 1. The summed E-state index contributed by atoms with van der Waals surface area (Å²) in [6.45, 7) is 9.13. The molecule has 1 saturated carbocycles. The SMILES string of the molecule is Cc1[nH]c2ccccc2c1[C@@H]1[C@@H](CCNC(=O)c2nnn(-c3ccc(F)cc3)c2C)C1(C)C. The summed E-state index contributed by atoms with van der Waals surface area (Å²) in [5, 5.41) is 12.5. The highest BCUT2D eigenvalue weighted by Gasteiger charge is 2.58. The van der Waals surface area contributed by atoms with E-state index in [0.717, 1.165) is 6.42 Å². The third-order valence-electron chi connectivity index (χ3n) is 7.23. The molecule has 0 spiro atoms. The predicted molar refractivity (Wildman–Crippen MR) is 126 cm³/mol. The van der Waals surface area contributed by atoms with Crippen LogP contribution in [0.4, 0.5) is 4.39 Å². The van der Waals surface area contributed by atoms with Crippen LogP contribution < -0.4 is 5.32 Å². The van der Waals surface area contributed by atoms with Gasteiger partial charge in [0, 0.05) is 23.1 Å². The Morgan fingerprint density at radius 3 is 2.64 bits per heavy atom. The van der Waals surface area contributed by atoms with Gasteiger partial charge in [0.1, 0.15) is 5.82 Å². The molecule has 5 rings (SSSR count). The molecule has 2 N–H and O–H groups in total. The summed E-state index contributed by atoms with van der Waals surface area (Å²) >= 11 is 0. The van der Waals surface area contributed by atoms with E-state index in [1.807, 2.05) is 0 Å². The molecular weight excluding hydrogens is 417 g/mol. The molecule has 1 aliphatic rings. The maximum atomic E-state index is 13.2. The molecule has 0 saturated heterocycles. The number of H-pyrrole nitrogens is 1. The molecule has 6 nitrogen and oxygen atoms in total. The highest BCUT2D eigenvalue weighted by Crippen LogP contribution is 2.67. The smallest absolute Gasteiger partial charge is 0.273 e. The van der Waals surface area contributed by atoms with Gasteiger partial charge in [0.15, 0.2) is 5.69 Å². The van der Waals surface area contributed by atoms with Crippen LogP contribution in [0.1, 0.15) is 53.6 Å². The number of nitrogens with zero attached hydrogens (tertiary/aromatic N) is 3. The number of rotatable bonds is 6. The number of hydrogen-bond donors (Lipinski definition) is 2. The van der Waals surface area contributed by atoms with E-state index in [2.05, 4.69) is 65.6 Å². The lowest BCUT2D eigenvalue weighted by Crippen LogP contribution is -2.26. The molecular formula is C26H28FN5O. The van der Waals surface area contributed by atoms with Gasteiger partial charge in [0.05, 0.1) is 11.4 Å². The average Bonchev–Trinajstić information content (AvgIpc) is 3.07. The first kappa shape index (κ1) is 21.4. The van der Waals surface area contributed by atoms with Gasteiger partial charge in [-0.3, -0.25) is 4.79 Å². The van der Waals surface area contributed by atoms with Crippen LogP contribution in [-0.2, 0) is 0 Å². The quantitative estimate of drug-likeness (QED) is 0.435. The lowest BCUT2D eigenvalue weighted by molar-refractivity contribution is 0.0946. The number of benzene rings is 2. The highest BCUT2D eigenvalue weighted by molar-refractivity contribution is 5.93. The zero-order chi connectivity index (χ0) is 23.3. The minimum atomic E-state index is -0.321. The summed E-state index contributed by atoms with van der Waals surface area (Å²) in [5.41, 5.74) is 5.58. The summed E-state index contributed by atoms with van der Waals surface area (Å²) in [7, 11) is 0. The van der Waals surface area contributed by atoms with Crippen molar-refractivity contribution in [1.82, 2.24) is 25.3 Å². The monoisotopic (exact) mass is 445 g/mol. The van der Waals surface area contributed by atoms with Gasteiger partial charge in [-0.15, -0.1) is 5.10 Å². The lowest BCUT2D eigenvalue weighted by atomic mass is 10.0. The number of aromatic nitrogens is 4. The van der Waals surface area contributed by atoms with Crippen molar-refractivity contribution in [2.75, 3.05) is 6.54 Å². The lowest BCUT2D eigenvalue weighted by Gasteiger charge is -2.06. The van der Waals surface area contributed by atoms with E-state index >= 15 is 0 Å². The Kier molecular flexibility index (Phi) is 5.07. The second-order valence-electron chi connectivity index (χ2n) is 9.57. The Morgan fingerprint density at radius 1 is 1.15 bits per heavy atom. The van der Waals surface area contributed by atoms with Crippen molar-refractivity contribution in [3.05, 3.63) is 77.0 Å². The number of fused-ring (bicyclic) bond motifs is 1. The van der Waals surface area contributed by atoms with Gasteiger partial charge in [0.2, 0.25) is 0 Å². The normalized spacial score (nSPS) is 19.1. The van der Waals surface area contributed by atoms with Crippen molar-refractivity contribution in [3.8, 4) is 5.69 Å². The van der Waals surface area contributed by atoms with E-state index in [1.165, 1.54) is 34.3 Å². The third-order valence-corrected chi connectivity index (χ3v) is 7.23. The second kappa shape index (κ2) is 7.83.